The number of halogens is 2. The molecule has 0 aliphatic rings. The minimum atomic E-state index is 0. The van der Waals surface area contributed by atoms with Crippen molar-refractivity contribution in [3.63, 3.8) is 0 Å². The Balaban J connectivity index is 0.00000261. The van der Waals surface area contributed by atoms with Gasteiger partial charge in [0.1, 0.15) is 6.61 Å². The Morgan fingerprint density at radius 1 is 0.926 bits per heavy atom. The second-order valence-corrected chi connectivity index (χ2v) is 6.23. The van der Waals surface area contributed by atoms with Gasteiger partial charge < -0.3 is 14.8 Å². The van der Waals surface area contributed by atoms with Gasteiger partial charge in [-0.05, 0) is 41.5 Å². The Kier molecular flexibility index (Phi) is 8.40. The standard InChI is InChI=1S/C21H21ClN2O2.ClH/c1-25-21-12-17(14-24-13-16-8-10-23-11-9-16)6-7-20(21)26-15-18-4-2-3-5-19(18)22;/h2-12,24H,13-15H2,1H3;1H. The molecular formula is C21H22Cl2N2O2. The number of ether oxygens (including phenoxy) is 2. The normalized spacial score (nSPS) is 10.1. The molecule has 0 saturated heterocycles. The summed E-state index contributed by atoms with van der Waals surface area (Å²) in [4.78, 5) is 4.02. The van der Waals surface area contributed by atoms with Gasteiger partial charge in [-0.3, -0.25) is 4.98 Å². The fourth-order valence-electron chi connectivity index (χ4n) is 2.56. The maximum atomic E-state index is 6.17. The van der Waals surface area contributed by atoms with E-state index < -0.39 is 0 Å². The minimum absolute atomic E-state index is 0. The zero-order valence-electron chi connectivity index (χ0n) is 15.0. The molecule has 0 bridgehead atoms. The van der Waals surface area contributed by atoms with Crippen LogP contribution >= 0.6 is 24.0 Å². The summed E-state index contributed by atoms with van der Waals surface area (Å²) in [6, 6.07) is 17.6. The van der Waals surface area contributed by atoms with Gasteiger partial charge in [0.25, 0.3) is 0 Å². The van der Waals surface area contributed by atoms with E-state index in [4.69, 9.17) is 21.1 Å². The van der Waals surface area contributed by atoms with Crippen LogP contribution in [0.3, 0.4) is 0 Å². The van der Waals surface area contributed by atoms with Crippen LogP contribution in [0.15, 0.2) is 67.0 Å². The highest BCUT2D eigenvalue weighted by Gasteiger charge is 2.07. The number of aromatic nitrogens is 1. The van der Waals surface area contributed by atoms with Gasteiger partial charge in [0.2, 0.25) is 0 Å². The van der Waals surface area contributed by atoms with Crippen LogP contribution in [0.5, 0.6) is 11.5 Å². The van der Waals surface area contributed by atoms with E-state index in [0.29, 0.717) is 23.1 Å². The van der Waals surface area contributed by atoms with E-state index in [2.05, 4.69) is 10.3 Å². The van der Waals surface area contributed by atoms with Gasteiger partial charge in [0.05, 0.1) is 7.11 Å². The van der Waals surface area contributed by atoms with Crippen LogP contribution < -0.4 is 14.8 Å². The number of hydrogen-bond acceptors (Lipinski definition) is 4. The molecule has 27 heavy (non-hydrogen) atoms. The first kappa shape index (κ1) is 21.0. The number of methoxy groups -OCH3 is 1. The largest absolute Gasteiger partial charge is 0.493 e. The third-order valence-corrected chi connectivity index (χ3v) is 4.35. The van der Waals surface area contributed by atoms with Crippen molar-refractivity contribution in [2.75, 3.05) is 7.11 Å². The molecule has 1 N–H and O–H groups in total. The Morgan fingerprint density at radius 3 is 2.41 bits per heavy atom. The molecule has 142 valence electrons. The summed E-state index contributed by atoms with van der Waals surface area (Å²) >= 11 is 6.17. The molecule has 1 aromatic heterocycles. The van der Waals surface area contributed by atoms with Crippen molar-refractivity contribution >= 4 is 24.0 Å². The number of nitrogens with one attached hydrogen (secondary N) is 1. The summed E-state index contributed by atoms with van der Waals surface area (Å²) in [5.41, 5.74) is 3.27. The molecule has 0 atom stereocenters. The fraction of sp³-hybridized carbons (Fsp3) is 0.190. The molecule has 0 saturated carbocycles. The molecule has 0 fully saturated rings. The van der Waals surface area contributed by atoms with E-state index in [0.717, 1.165) is 24.2 Å². The van der Waals surface area contributed by atoms with Crippen LogP contribution in [0.4, 0.5) is 0 Å². The molecule has 0 aliphatic heterocycles. The lowest BCUT2D eigenvalue weighted by Crippen LogP contribution is -2.12. The summed E-state index contributed by atoms with van der Waals surface area (Å²) < 4.78 is 11.4. The highest BCUT2D eigenvalue weighted by atomic mass is 35.5. The molecule has 0 aliphatic carbocycles. The van der Waals surface area contributed by atoms with E-state index in [9.17, 15) is 0 Å². The first-order chi connectivity index (χ1) is 12.8. The Bertz CT molecular complexity index is 845. The Labute approximate surface area is 170 Å². The van der Waals surface area contributed by atoms with Gasteiger partial charge in [0, 0.05) is 36.1 Å². The van der Waals surface area contributed by atoms with Crippen molar-refractivity contribution in [1.82, 2.24) is 10.3 Å². The Morgan fingerprint density at radius 2 is 1.67 bits per heavy atom. The quantitative estimate of drug-likeness (QED) is 0.571. The molecule has 6 heteroatoms. The molecule has 0 amide bonds. The molecule has 3 aromatic rings. The molecule has 4 nitrogen and oxygen atoms in total. The van der Waals surface area contributed by atoms with Crippen molar-refractivity contribution in [2.45, 2.75) is 19.7 Å². The van der Waals surface area contributed by atoms with Crippen LogP contribution in [0, 0.1) is 0 Å². The minimum Gasteiger partial charge on any atom is -0.493 e. The summed E-state index contributed by atoms with van der Waals surface area (Å²) in [5, 5.41) is 4.11. The van der Waals surface area contributed by atoms with Gasteiger partial charge in [-0.1, -0.05) is 35.9 Å². The topological polar surface area (TPSA) is 43.4 Å². The van der Waals surface area contributed by atoms with E-state index in [1.807, 2.05) is 54.6 Å². The third kappa shape index (κ3) is 6.14. The van der Waals surface area contributed by atoms with Crippen molar-refractivity contribution in [1.29, 1.82) is 0 Å². The van der Waals surface area contributed by atoms with Crippen LogP contribution in [0.25, 0.3) is 0 Å². The lowest BCUT2D eigenvalue weighted by Gasteiger charge is -2.13. The monoisotopic (exact) mass is 404 g/mol. The SMILES string of the molecule is COc1cc(CNCc2ccncc2)ccc1OCc1ccccc1Cl.Cl. The highest BCUT2D eigenvalue weighted by Crippen LogP contribution is 2.29. The van der Waals surface area contributed by atoms with Crippen LogP contribution in [-0.2, 0) is 19.7 Å². The third-order valence-electron chi connectivity index (χ3n) is 3.98. The zero-order chi connectivity index (χ0) is 18.2. The van der Waals surface area contributed by atoms with Crippen molar-refractivity contribution in [3.05, 3.63) is 88.7 Å². The number of nitrogens with zero attached hydrogens (tertiary/aromatic N) is 1. The van der Waals surface area contributed by atoms with Crippen LogP contribution in [-0.4, -0.2) is 12.1 Å². The molecule has 3 rings (SSSR count). The summed E-state index contributed by atoms with van der Waals surface area (Å²) in [7, 11) is 1.64. The highest BCUT2D eigenvalue weighted by molar-refractivity contribution is 6.31. The lowest BCUT2D eigenvalue weighted by atomic mass is 10.2. The summed E-state index contributed by atoms with van der Waals surface area (Å²) in [6.45, 7) is 1.93. The van der Waals surface area contributed by atoms with Crippen molar-refractivity contribution < 1.29 is 9.47 Å². The number of rotatable bonds is 8. The van der Waals surface area contributed by atoms with Gasteiger partial charge in [-0.25, -0.2) is 0 Å². The van der Waals surface area contributed by atoms with Crippen molar-refractivity contribution in [3.8, 4) is 11.5 Å². The first-order valence-electron chi connectivity index (χ1n) is 8.39. The maximum absolute atomic E-state index is 6.17. The first-order valence-corrected chi connectivity index (χ1v) is 8.77. The molecule has 0 radical (unpaired) electrons. The zero-order valence-corrected chi connectivity index (χ0v) is 16.6. The van der Waals surface area contributed by atoms with E-state index in [1.54, 1.807) is 19.5 Å². The maximum Gasteiger partial charge on any atom is 0.161 e. The molecule has 2 aromatic carbocycles. The van der Waals surface area contributed by atoms with Gasteiger partial charge >= 0.3 is 0 Å². The van der Waals surface area contributed by atoms with Gasteiger partial charge in [0.15, 0.2) is 11.5 Å². The second-order valence-electron chi connectivity index (χ2n) is 5.82. The average Bonchev–Trinajstić information content (AvgIpc) is 2.68. The summed E-state index contributed by atoms with van der Waals surface area (Å²) in [6.07, 6.45) is 3.59. The summed E-state index contributed by atoms with van der Waals surface area (Å²) in [5.74, 6) is 1.41. The molecule has 1 heterocycles. The average molecular weight is 405 g/mol. The molecular weight excluding hydrogens is 383 g/mol. The van der Waals surface area contributed by atoms with E-state index >= 15 is 0 Å². The van der Waals surface area contributed by atoms with Gasteiger partial charge in [-0.2, -0.15) is 0 Å². The lowest BCUT2D eigenvalue weighted by molar-refractivity contribution is 0.284. The fourth-order valence-corrected chi connectivity index (χ4v) is 2.75. The van der Waals surface area contributed by atoms with E-state index in [1.165, 1.54) is 5.56 Å². The number of benzene rings is 2. The number of hydrogen-bond donors (Lipinski definition) is 1. The van der Waals surface area contributed by atoms with Crippen LogP contribution in [0.1, 0.15) is 16.7 Å². The number of pyridine rings is 1. The smallest absolute Gasteiger partial charge is 0.161 e. The van der Waals surface area contributed by atoms with E-state index in [-0.39, 0.29) is 12.4 Å². The predicted octanol–water partition coefficient (Wildman–Crippen LogP) is 5.03. The van der Waals surface area contributed by atoms with Gasteiger partial charge in [-0.15, -0.1) is 12.4 Å². The van der Waals surface area contributed by atoms with Crippen molar-refractivity contribution in [2.24, 2.45) is 0 Å². The molecule has 0 unspecified atom stereocenters. The second kappa shape index (κ2) is 10.8. The molecule has 0 spiro atoms. The predicted molar refractivity (Wildman–Crippen MR) is 111 cm³/mol. The van der Waals surface area contributed by atoms with Crippen LogP contribution in [0.2, 0.25) is 5.02 Å². The Hall–Kier alpha value is -2.27.